The van der Waals surface area contributed by atoms with Crippen molar-refractivity contribution in [2.24, 2.45) is 0 Å². The fourth-order valence-electron chi connectivity index (χ4n) is 1.70. The van der Waals surface area contributed by atoms with Crippen LogP contribution in [0, 0.1) is 0 Å². The predicted octanol–water partition coefficient (Wildman–Crippen LogP) is 0.792. The highest BCUT2D eigenvalue weighted by Crippen LogP contribution is 2.24. The number of hydrogen-bond acceptors (Lipinski definition) is 5. The van der Waals surface area contributed by atoms with Crippen LogP contribution in [0.25, 0.3) is 5.52 Å². The zero-order valence-electron chi connectivity index (χ0n) is 11.5. The first-order chi connectivity index (χ1) is 8.91. The number of nitrogens with zero attached hydrogens (tertiary/aromatic N) is 3. The zero-order valence-corrected chi connectivity index (χ0v) is 11.5. The minimum Gasteiger partial charge on any atom is -0.394 e. The molecule has 0 spiro atoms. The number of aromatic nitrogens is 3. The van der Waals surface area contributed by atoms with Crippen LogP contribution in [0.3, 0.4) is 0 Å². The van der Waals surface area contributed by atoms with Gasteiger partial charge in [-0.15, -0.1) is 0 Å². The molecule has 0 aliphatic carbocycles. The Morgan fingerprint density at radius 3 is 2.79 bits per heavy atom. The maximum Gasteiger partial charge on any atom is 0.152 e. The third kappa shape index (κ3) is 3.02. The lowest BCUT2D eigenvalue weighted by molar-refractivity contribution is 0.105. The molecule has 0 saturated carbocycles. The van der Waals surface area contributed by atoms with Crippen molar-refractivity contribution < 1.29 is 10.2 Å². The smallest absolute Gasteiger partial charge is 0.152 e. The summed E-state index contributed by atoms with van der Waals surface area (Å²) >= 11 is 0. The molecule has 0 bridgehead atoms. The molecule has 2 rings (SSSR count). The average Bonchev–Trinajstić information content (AvgIpc) is 2.80. The number of aliphatic hydroxyl groups is 2. The summed E-state index contributed by atoms with van der Waals surface area (Å²) in [6.45, 7) is 6.28. The molecule has 2 heterocycles. The Labute approximate surface area is 112 Å². The minimum atomic E-state index is -0.799. The third-order valence-electron chi connectivity index (χ3n) is 2.87. The van der Waals surface area contributed by atoms with Gasteiger partial charge in [-0.3, -0.25) is 0 Å². The highest BCUT2D eigenvalue weighted by atomic mass is 16.3. The van der Waals surface area contributed by atoms with Gasteiger partial charge in [-0.1, -0.05) is 20.8 Å². The van der Waals surface area contributed by atoms with Crippen molar-refractivity contribution in [3.05, 3.63) is 24.2 Å². The van der Waals surface area contributed by atoms with Crippen LogP contribution in [0.1, 0.15) is 26.5 Å². The second kappa shape index (κ2) is 5.14. The fraction of sp³-hybridized carbons (Fsp3) is 0.538. The third-order valence-corrected chi connectivity index (χ3v) is 2.87. The van der Waals surface area contributed by atoms with E-state index >= 15 is 0 Å². The molecule has 0 aliphatic heterocycles. The Kier molecular flexibility index (Phi) is 3.73. The number of aliphatic hydroxyl groups excluding tert-OH is 2. The Morgan fingerprint density at radius 2 is 2.16 bits per heavy atom. The van der Waals surface area contributed by atoms with Crippen LogP contribution in [0.15, 0.2) is 18.5 Å². The lowest BCUT2D eigenvalue weighted by Crippen LogP contribution is -2.23. The van der Waals surface area contributed by atoms with E-state index in [-0.39, 0.29) is 18.6 Å². The van der Waals surface area contributed by atoms with Gasteiger partial charge in [0.25, 0.3) is 0 Å². The van der Waals surface area contributed by atoms with Crippen molar-refractivity contribution in [3.63, 3.8) is 0 Å². The zero-order chi connectivity index (χ0) is 14.0. The quantitative estimate of drug-likeness (QED) is 0.760. The maximum absolute atomic E-state index is 9.36. The van der Waals surface area contributed by atoms with Crippen molar-refractivity contribution in [3.8, 4) is 0 Å². The van der Waals surface area contributed by atoms with Gasteiger partial charge in [-0.2, -0.15) is 5.10 Å². The molecule has 2 aromatic rings. The first kappa shape index (κ1) is 13.8. The summed E-state index contributed by atoms with van der Waals surface area (Å²) in [4.78, 5) is 4.24. The van der Waals surface area contributed by atoms with Gasteiger partial charge < -0.3 is 15.5 Å². The van der Waals surface area contributed by atoms with Gasteiger partial charge in [0.2, 0.25) is 0 Å². The van der Waals surface area contributed by atoms with Crippen LogP contribution in [0.2, 0.25) is 0 Å². The van der Waals surface area contributed by atoms with Crippen LogP contribution < -0.4 is 5.32 Å². The van der Waals surface area contributed by atoms with E-state index in [1.165, 1.54) is 0 Å². The van der Waals surface area contributed by atoms with Gasteiger partial charge in [-0.05, 0) is 6.07 Å². The number of hydrogen-bond donors (Lipinski definition) is 3. The minimum absolute atomic E-state index is 0.0338. The number of rotatable bonds is 4. The molecule has 0 amide bonds. The van der Waals surface area contributed by atoms with E-state index in [1.807, 2.05) is 6.07 Å². The van der Waals surface area contributed by atoms with Crippen molar-refractivity contribution in [1.29, 1.82) is 0 Å². The standard InChI is InChI=1S/C13H20N4O2/c1-13(2,3)11-6-10-12(15-7-9(19)8-18)14-4-5-17(10)16-11/h4-6,9,18-19H,7-8H2,1-3H3,(H,14,15). The molecule has 1 unspecified atom stereocenters. The first-order valence-corrected chi connectivity index (χ1v) is 6.29. The van der Waals surface area contributed by atoms with Gasteiger partial charge in [0.1, 0.15) is 5.52 Å². The topological polar surface area (TPSA) is 82.7 Å². The van der Waals surface area contributed by atoms with Crippen molar-refractivity contribution in [2.75, 3.05) is 18.5 Å². The van der Waals surface area contributed by atoms with Crippen LogP contribution >= 0.6 is 0 Å². The monoisotopic (exact) mass is 264 g/mol. The molecule has 0 fully saturated rings. The van der Waals surface area contributed by atoms with E-state index in [0.29, 0.717) is 5.82 Å². The number of fused-ring (bicyclic) bond motifs is 1. The molecule has 1 atom stereocenters. The number of anilines is 1. The van der Waals surface area contributed by atoms with Gasteiger partial charge in [0.05, 0.1) is 18.4 Å². The van der Waals surface area contributed by atoms with Gasteiger partial charge in [0, 0.05) is 24.4 Å². The number of nitrogens with one attached hydrogen (secondary N) is 1. The van der Waals surface area contributed by atoms with Gasteiger partial charge in [-0.25, -0.2) is 9.50 Å². The second-order valence-corrected chi connectivity index (χ2v) is 5.60. The molecular formula is C13H20N4O2. The SMILES string of the molecule is CC(C)(C)c1cc2c(NCC(O)CO)nccn2n1. The summed E-state index contributed by atoms with van der Waals surface area (Å²) in [6.07, 6.45) is 2.64. The van der Waals surface area contributed by atoms with E-state index in [2.05, 4.69) is 36.2 Å². The summed E-state index contributed by atoms with van der Waals surface area (Å²) in [7, 11) is 0. The molecular weight excluding hydrogens is 244 g/mol. The molecule has 0 saturated heterocycles. The van der Waals surface area contributed by atoms with E-state index < -0.39 is 6.10 Å². The Morgan fingerprint density at radius 1 is 1.42 bits per heavy atom. The molecule has 0 aliphatic rings. The Balaban J connectivity index is 2.32. The van der Waals surface area contributed by atoms with E-state index in [1.54, 1.807) is 16.9 Å². The molecule has 104 valence electrons. The lowest BCUT2D eigenvalue weighted by atomic mass is 9.92. The average molecular weight is 264 g/mol. The first-order valence-electron chi connectivity index (χ1n) is 6.29. The van der Waals surface area contributed by atoms with Gasteiger partial charge >= 0.3 is 0 Å². The van der Waals surface area contributed by atoms with E-state index in [9.17, 15) is 5.11 Å². The second-order valence-electron chi connectivity index (χ2n) is 5.60. The van der Waals surface area contributed by atoms with Crippen LogP contribution in [-0.4, -0.2) is 44.1 Å². The maximum atomic E-state index is 9.36. The Bertz CT molecular complexity index is 559. The summed E-state index contributed by atoms with van der Waals surface area (Å²) in [5, 5.41) is 25.7. The Hall–Kier alpha value is -1.66. The van der Waals surface area contributed by atoms with Crippen molar-refractivity contribution in [2.45, 2.75) is 32.3 Å². The van der Waals surface area contributed by atoms with Crippen LogP contribution in [-0.2, 0) is 5.41 Å². The molecule has 0 radical (unpaired) electrons. The van der Waals surface area contributed by atoms with Gasteiger partial charge in [0.15, 0.2) is 5.82 Å². The predicted molar refractivity (Wildman–Crippen MR) is 73.3 cm³/mol. The highest BCUT2D eigenvalue weighted by molar-refractivity contribution is 5.68. The molecule has 0 aromatic carbocycles. The summed E-state index contributed by atoms with van der Waals surface area (Å²) in [5.41, 5.74) is 1.80. The normalized spacial score (nSPS) is 13.7. The highest BCUT2D eigenvalue weighted by Gasteiger charge is 2.19. The van der Waals surface area contributed by atoms with Crippen LogP contribution in [0.5, 0.6) is 0 Å². The lowest BCUT2D eigenvalue weighted by Gasteiger charge is -2.13. The fourth-order valence-corrected chi connectivity index (χ4v) is 1.70. The molecule has 6 nitrogen and oxygen atoms in total. The summed E-state index contributed by atoms with van der Waals surface area (Å²) < 4.78 is 1.77. The molecule has 6 heteroatoms. The van der Waals surface area contributed by atoms with Crippen molar-refractivity contribution in [1.82, 2.24) is 14.6 Å². The molecule has 2 aromatic heterocycles. The van der Waals surface area contributed by atoms with E-state index in [4.69, 9.17) is 5.11 Å². The summed E-state index contributed by atoms with van der Waals surface area (Å²) in [6, 6.07) is 1.99. The molecule has 19 heavy (non-hydrogen) atoms. The summed E-state index contributed by atoms with van der Waals surface area (Å²) in [5.74, 6) is 0.651. The molecule has 3 N–H and O–H groups in total. The van der Waals surface area contributed by atoms with Crippen molar-refractivity contribution >= 4 is 11.3 Å². The van der Waals surface area contributed by atoms with E-state index in [0.717, 1.165) is 11.2 Å². The largest absolute Gasteiger partial charge is 0.394 e. The van der Waals surface area contributed by atoms with Crippen LogP contribution in [0.4, 0.5) is 5.82 Å².